The predicted octanol–water partition coefficient (Wildman–Crippen LogP) is 3.96. The van der Waals surface area contributed by atoms with Crippen LogP contribution in [0.5, 0.6) is 0 Å². The number of nitrogens with one attached hydrogen (secondary N) is 1. The van der Waals surface area contributed by atoms with Crippen LogP contribution in [0.25, 0.3) is 0 Å². The molecular formula is C18H14FN3O3S. The van der Waals surface area contributed by atoms with E-state index in [2.05, 4.69) is 10.3 Å². The van der Waals surface area contributed by atoms with E-state index in [1.165, 1.54) is 35.6 Å². The van der Waals surface area contributed by atoms with Crippen LogP contribution in [-0.2, 0) is 17.6 Å². The molecular weight excluding hydrogens is 357 g/mol. The molecule has 0 aliphatic carbocycles. The molecule has 3 rings (SSSR count). The number of nitro benzene ring substituents is 1. The number of aromatic nitrogens is 1. The van der Waals surface area contributed by atoms with Crippen LogP contribution in [-0.4, -0.2) is 15.8 Å². The number of carbonyl (C=O) groups is 1. The number of rotatable bonds is 6. The molecule has 2 aromatic carbocycles. The van der Waals surface area contributed by atoms with Gasteiger partial charge in [0, 0.05) is 29.6 Å². The number of carbonyl (C=O) groups excluding carboxylic acids is 1. The molecule has 1 heterocycles. The number of nitro groups is 1. The Balaban J connectivity index is 1.58. The van der Waals surface area contributed by atoms with Crippen LogP contribution in [0.15, 0.2) is 54.7 Å². The van der Waals surface area contributed by atoms with Crippen LogP contribution in [0.3, 0.4) is 0 Å². The van der Waals surface area contributed by atoms with Gasteiger partial charge in [-0.15, -0.1) is 11.3 Å². The molecule has 0 spiro atoms. The SMILES string of the molecule is O=C(Cc1ccc([N+](=O)[O-])cc1)Nc1ncc(Cc2cccc(F)c2)s1. The van der Waals surface area contributed by atoms with Gasteiger partial charge in [0.2, 0.25) is 5.91 Å². The van der Waals surface area contributed by atoms with E-state index in [1.54, 1.807) is 24.4 Å². The molecule has 3 aromatic rings. The molecule has 1 N–H and O–H groups in total. The lowest BCUT2D eigenvalue weighted by Crippen LogP contribution is -2.14. The Bertz CT molecular complexity index is 941. The molecule has 0 fully saturated rings. The van der Waals surface area contributed by atoms with Gasteiger partial charge in [-0.25, -0.2) is 9.37 Å². The monoisotopic (exact) mass is 371 g/mol. The third kappa shape index (κ3) is 4.70. The molecule has 8 heteroatoms. The Morgan fingerprint density at radius 3 is 2.65 bits per heavy atom. The minimum absolute atomic E-state index is 0.0175. The number of amides is 1. The summed E-state index contributed by atoms with van der Waals surface area (Å²) in [5.74, 6) is -0.547. The fourth-order valence-electron chi connectivity index (χ4n) is 2.38. The molecule has 1 aromatic heterocycles. The highest BCUT2D eigenvalue weighted by atomic mass is 32.1. The summed E-state index contributed by atoms with van der Waals surface area (Å²) >= 11 is 1.32. The van der Waals surface area contributed by atoms with E-state index in [9.17, 15) is 19.3 Å². The number of halogens is 1. The third-order valence-corrected chi connectivity index (χ3v) is 4.49. The van der Waals surface area contributed by atoms with Gasteiger partial charge in [-0.05, 0) is 23.3 Å². The van der Waals surface area contributed by atoms with Gasteiger partial charge in [0.1, 0.15) is 5.82 Å². The van der Waals surface area contributed by atoms with Crippen molar-refractivity contribution in [1.82, 2.24) is 4.98 Å². The first-order valence-corrected chi connectivity index (χ1v) is 8.53. The maximum Gasteiger partial charge on any atom is 0.269 e. The zero-order valence-corrected chi connectivity index (χ0v) is 14.3. The highest BCUT2D eigenvalue weighted by Gasteiger charge is 2.10. The van der Waals surface area contributed by atoms with E-state index in [1.807, 2.05) is 6.07 Å². The summed E-state index contributed by atoms with van der Waals surface area (Å²) in [5.41, 5.74) is 1.48. The standard InChI is InChI=1S/C18H14FN3O3S/c19-14-3-1-2-13(8-14)9-16-11-20-18(26-16)21-17(23)10-12-4-6-15(7-5-12)22(24)25/h1-8,11H,9-10H2,(H,20,21,23). The van der Waals surface area contributed by atoms with Crippen LogP contribution >= 0.6 is 11.3 Å². The minimum atomic E-state index is -0.487. The van der Waals surface area contributed by atoms with Gasteiger partial charge < -0.3 is 5.32 Å². The van der Waals surface area contributed by atoms with E-state index < -0.39 is 4.92 Å². The van der Waals surface area contributed by atoms with Crippen molar-refractivity contribution in [3.8, 4) is 0 Å². The molecule has 0 atom stereocenters. The largest absolute Gasteiger partial charge is 0.302 e. The average Bonchev–Trinajstić information content (AvgIpc) is 3.02. The molecule has 6 nitrogen and oxygen atoms in total. The van der Waals surface area contributed by atoms with Crippen molar-refractivity contribution in [3.05, 3.63) is 86.7 Å². The van der Waals surface area contributed by atoms with Crippen molar-refractivity contribution in [3.63, 3.8) is 0 Å². The van der Waals surface area contributed by atoms with Gasteiger partial charge in [-0.1, -0.05) is 24.3 Å². The highest BCUT2D eigenvalue weighted by Crippen LogP contribution is 2.22. The number of hydrogen-bond acceptors (Lipinski definition) is 5. The number of anilines is 1. The third-order valence-electron chi connectivity index (χ3n) is 3.58. The normalized spacial score (nSPS) is 10.5. The van der Waals surface area contributed by atoms with E-state index in [0.29, 0.717) is 17.1 Å². The summed E-state index contributed by atoms with van der Waals surface area (Å²) in [7, 11) is 0. The molecule has 0 unspecified atom stereocenters. The Labute approximate surface area is 152 Å². The second-order valence-corrected chi connectivity index (χ2v) is 6.70. The lowest BCUT2D eigenvalue weighted by Gasteiger charge is -2.02. The lowest BCUT2D eigenvalue weighted by molar-refractivity contribution is -0.384. The number of benzene rings is 2. The average molecular weight is 371 g/mol. The van der Waals surface area contributed by atoms with Gasteiger partial charge in [0.15, 0.2) is 5.13 Å². The summed E-state index contributed by atoms with van der Waals surface area (Å²) < 4.78 is 13.2. The van der Waals surface area contributed by atoms with Crippen molar-refractivity contribution in [2.24, 2.45) is 0 Å². The smallest absolute Gasteiger partial charge is 0.269 e. The number of hydrogen-bond donors (Lipinski definition) is 1. The highest BCUT2D eigenvalue weighted by molar-refractivity contribution is 7.15. The van der Waals surface area contributed by atoms with Crippen LogP contribution < -0.4 is 5.32 Å². The quantitative estimate of drug-likeness (QED) is 0.525. The molecule has 0 radical (unpaired) electrons. The Morgan fingerprint density at radius 1 is 1.19 bits per heavy atom. The van der Waals surface area contributed by atoms with Crippen LogP contribution in [0.4, 0.5) is 15.2 Å². The van der Waals surface area contributed by atoms with Crippen LogP contribution in [0.1, 0.15) is 16.0 Å². The van der Waals surface area contributed by atoms with E-state index in [4.69, 9.17) is 0 Å². The zero-order valence-electron chi connectivity index (χ0n) is 13.5. The zero-order chi connectivity index (χ0) is 18.5. The summed E-state index contributed by atoms with van der Waals surface area (Å²) in [6, 6.07) is 12.2. The van der Waals surface area contributed by atoms with Crippen LogP contribution in [0, 0.1) is 15.9 Å². The van der Waals surface area contributed by atoms with Gasteiger partial charge in [0.05, 0.1) is 11.3 Å². The summed E-state index contributed by atoms with van der Waals surface area (Å²) in [4.78, 5) is 27.3. The van der Waals surface area contributed by atoms with Crippen molar-refractivity contribution in [2.75, 3.05) is 5.32 Å². The Hall–Kier alpha value is -3.13. The first-order valence-electron chi connectivity index (χ1n) is 7.72. The molecule has 0 aliphatic rings. The second-order valence-electron chi connectivity index (χ2n) is 5.59. The fourth-order valence-corrected chi connectivity index (χ4v) is 3.24. The molecule has 0 saturated heterocycles. The first kappa shape index (κ1) is 17.7. The fraction of sp³-hybridized carbons (Fsp3) is 0.111. The van der Waals surface area contributed by atoms with Gasteiger partial charge in [-0.2, -0.15) is 0 Å². The molecule has 1 amide bonds. The Kier molecular flexibility index (Phi) is 5.33. The van der Waals surface area contributed by atoms with Gasteiger partial charge in [-0.3, -0.25) is 14.9 Å². The number of thiazole rings is 1. The maximum atomic E-state index is 13.2. The van der Waals surface area contributed by atoms with Gasteiger partial charge >= 0.3 is 0 Å². The van der Waals surface area contributed by atoms with E-state index >= 15 is 0 Å². The molecule has 26 heavy (non-hydrogen) atoms. The van der Waals surface area contributed by atoms with Crippen LogP contribution in [0.2, 0.25) is 0 Å². The summed E-state index contributed by atoms with van der Waals surface area (Å²) in [6.45, 7) is 0. The second kappa shape index (κ2) is 7.83. The predicted molar refractivity (Wildman–Crippen MR) is 96.8 cm³/mol. The Morgan fingerprint density at radius 2 is 1.96 bits per heavy atom. The van der Waals surface area contributed by atoms with E-state index in [0.717, 1.165) is 10.4 Å². The summed E-state index contributed by atoms with van der Waals surface area (Å²) in [5, 5.41) is 13.8. The van der Waals surface area contributed by atoms with Gasteiger partial charge in [0.25, 0.3) is 5.69 Å². The lowest BCUT2D eigenvalue weighted by atomic mass is 10.1. The molecule has 0 aliphatic heterocycles. The van der Waals surface area contributed by atoms with Crippen molar-refractivity contribution >= 4 is 28.1 Å². The minimum Gasteiger partial charge on any atom is -0.302 e. The van der Waals surface area contributed by atoms with E-state index in [-0.39, 0.29) is 23.8 Å². The number of non-ortho nitro benzene ring substituents is 1. The maximum absolute atomic E-state index is 13.2. The number of nitrogens with zero attached hydrogens (tertiary/aromatic N) is 2. The topological polar surface area (TPSA) is 85.1 Å². The first-order chi connectivity index (χ1) is 12.5. The molecule has 0 saturated carbocycles. The van der Waals surface area contributed by atoms with Crippen molar-refractivity contribution in [1.29, 1.82) is 0 Å². The van der Waals surface area contributed by atoms with Crippen molar-refractivity contribution < 1.29 is 14.1 Å². The van der Waals surface area contributed by atoms with Crippen molar-refractivity contribution in [2.45, 2.75) is 12.8 Å². The summed E-state index contributed by atoms with van der Waals surface area (Å²) in [6.07, 6.45) is 2.28. The molecule has 132 valence electrons. The molecule has 0 bridgehead atoms.